The molecule has 0 saturated carbocycles. The molecule has 1 N–H and O–H groups in total. The van der Waals surface area contributed by atoms with E-state index in [2.05, 4.69) is 36.0 Å². The number of aliphatic hydroxyl groups excluding tert-OH is 1. The number of likely N-dealkylation sites (tertiary alicyclic amines) is 1. The van der Waals surface area contributed by atoms with E-state index in [9.17, 15) is 19.5 Å². The maximum atomic E-state index is 14.2. The highest BCUT2D eigenvalue weighted by molar-refractivity contribution is 9.09. The van der Waals surface area contributed by atoms with E-state index < -0.39 is 22.6 Å². The third-order valence-electron chi connectivity index (χ3n) is 8.22. The van der Waals surface area contributed by atoms with Crippen LogP contribution in [0.25, 0.3) is 0 Å². The third kappa shape index (κ3) is 5.59. The number of β-amino-alcohol motifs (C(OH)–C–C–N with tert-alkyl or cyclic N) is 1. The van der Waals surface area contributed by atoms with Gasteiger partial charge in [-0.25, -0.2) is 0 Å². The highest BCUT2D eigenvalue weighted by Crippen LogP contribution is 2.68. The summed E-state index contributed by atoms with van der Waals surface area (Å²) in [6.45, 7) is 11.5. The number of rotatable bonds is 14. The first-order valence-corrected chi connectivity index (χ1v) is 15.7. The number of carbonyl (C=O) groups is 3. The van der Waals surface area contributed by atoms with Crippen LogP contribution in [0.5, 0.6) is 0 Å². The second-order valence-corrected chi connectivity index (χ2v) is 13.4. The predicted octanol–water partition coefficient (Wildman–Crippen LogP) is 3.86. The summed E-state index contributed by atoms with van der Waals surface area (Å²) in [6, 6.07) is 9.08. The molecule has 3 aliphatic rings. The lowest BCUT2D eigenvalue weighted by Gasteiger charge is -2.38. The first kappa shape index (κ1) is 29.9. The molecular formula is C30H40BrN3O4S. The van der Waals surface area contributed by atoms with Gasteiger partial charge in [0.15, 0.2) is 0 Å². The van der Waals surface area contributed by atoms with Gasteiger partial charge >= 0.3 is 0 Å². The molecule has 9 heteroatoms. The van der Waals surface area contributed by atoms with Crippen LogP contribution in [0, 0.1) is 11.8 Å². The van der Waals surface area contributed by atoms with Gasteiger partial charge < -0.3 is 19.8 Å². The maximum Gasteiger partial charge on any atom is 0.247 e. The molecule has 212 valence electrons. The quantitative estimate of drug-likeness (QED) is 0.195. The highest BCUT2D eigenvalue weighted by Gasteiger charge is 2.76. The predicted molar refractivity (Wildman–Crippen MR) is 159 cm³/mol. The van der Waals surface area contributed by atoms with Crippen molar-refractivity contribution in [1.29, 1.82) is 0 Å². The molecule has 1 aromatic rings. The standard InChI is InChI=1S/C30H40BrN3O4S/c1-4-7-11-16-32(14-5-2)29(38)26-30-19-22(31)25(39-30)23(24(30)28(37)34(26)17-18-35)27(36)33(15-6-3)20-21-12-9-8-10-13-21/h5-6,8-10,12-13,22-26,35H,2-4,7,11,14-20H2,1H3/t22?,23-,24-,25-,26?,30?/m0/s1. The minimum absolute atomic E-state index is 0.000119. The van der Waals surface area contributed by atoms with E-state index in [0.717, 1.165) is 24.8 Å². The normalized spacial score (nSPS) is 28.8. The van der Waals surface area contributed by atoms with Crippen molar-refractivity contribution < 1.29 is 19.5 Å². The molecule has 1 spiro atoms. The van der Waals surface area contributed by atoms with Gasteiger partial charge in [-0.05, 0) is 18.4 Å². The van der Waals surface area contributed by atoms with E-state index in [1.807, 2.05) is 30.3 Å². The van der Waals surface area contributed by atoms with Crippen molar-refractivity contribution in [3.05, 3.63) is 61.2 Å². The van der Waals surface area contributed by atoms with Gasteiger partial charge in [0, 0.05) is 42.8 Å². The number of halogens is 1. The summed E-state index contributed by atoms with van der Waals surface area (Å²) in [5.74, 6) is -1.55. The van der Waals surface area contributed by atoms with Crippen LogP contribution in [0.2, 0.25) is 0 Å². The highest BCUT2D eigenvalue weighted by atomic mass is 79.9. The van der Waals surface area contributed by atoms with Gasteiger partial charge in [0.1, 0.15) is 6.04 Å². The minimum Gasteiger partial charge on any atom is -0.395 e. The largest absolute Gasteiger partial charge is 0.395 e. The summed E-state index contributed by atoms with van der Waals surface area (Å²) in [5.41, 5.74) is 1.01. The van der Waals surface area contributed by atoms with Crippen molar-refractivity contribution in [2.75, 3.05) is 32.8 Å². The molecule has 3 unspecified atom stereocenters. The summed E-state index contributed by atoms with van der Waals surface area (Å²) in [4.78, 5) is 47.7. The van der Waals surface area contributed by atoms with Crippen molar-refractivity contribution in [3.63, 3.8) is 0 Å². The monoisotopic (exact) mass is 617 g/mol. The molecule has 3 heterocycles. The number of alkyl halides is 1. The summed E-state index contributed by atoms with van der Waals surface area (Å²) in [6.07, 6.45) is 6.99. The van der Waals surface area contributed by atoms with Crippen molar-refractivity contribution in [3.8, 4) is 0 Å². The van der Waals surface area contributed by atoms with Crippen LogP contribution in [0.15, 0.2) is 55.6 Å². The second-order valence-electron chi connectivity index (χ2n) is 10.7. The van der Waals surface area contributed by atoms with E-state index in [1.54, 1.807) is 38.6 Å². The summed E-state index contributed by atoms with van der Waals surface area (Å²) in [5, 5.41) is 9.79. The van der Waals surface area contributed by atoms with Crippen molar-refractivity contribution in [1.82, 2.24) is 14.7 Å². The number of thioether (sulfide) groups is 1. The van der Waals surface area contributed by atoms with Gasteiger partial charge in [-0.2, -0.15) is 0 Å². The molecule has 3 fully saturated rings. The van der Waals surface area contributed by atoms with E-state index in [1.165, 1.54) is 0 Å². The van der Waals surface area contributed by atoms with E-state index in [4.69, 9.17) is 0 Å². The van der Waals surface area contributed by atoms with Crippen molar-refractivity contribution in [2.24, 2.45) is 11.8 Å². The zero-order valence-corrected chi connectivity index (χ0v) is 25.1. The Labute approximate surface area is 244 Å². The molecule has 6 atom stereocenters. The molecule has 3 amide bonds. The van der Waals surface area contributed by atoms with Crippen LogP contribution in [0.4, 0.5) is 0 Å². The number of fused-ring (bicyclic) bond motifs is 1. The molecule has 3 saturated heterocycles. The first-order valence-electron chi connectivity index (χ1n) is 13.9. The summed E-state index contributed by atoms with van der Waals surface area (Å²) >= 11 is 5.46. The Balaban J connectivity index is 1.69. The number of nitrogens with zero attached hydrogens (tertiary/aromatic N) is 3. The van der Waals surface area contributed by atoms with Gasteiger partial charge in [0.2, 0.25) is 17.7 Å². The van der Waals surface area contributed by atoms with Crippen LogP contribution >= 0.6 is 27.7 Å². The molecule has 0 radical (unpaired) electrons. The van der Waals surface area contributed by atoms with Crippen LogP contribution in [0.3, 0.4) is 0 Å². The number of carbonyl (C=O) groups excluding carboxylic acids is 3. The van der Waals surface area contributed by atoms with E-state index >= 15 is 0 Å². The Morgan fingerprint density at radius 2 is 1.85 bits per heavy atom. The Kier molecular flexibility index (Phi) is 9.99. The van der Waals surface area contributed by atoms with Gasteiger partial charge in [0.25, 0.3) is 0 Å². The minimum atomic E-state index is -0.724. The number of amides is 3. The number of aliphatic hydroxyl groups is 1. The zero-order chi connectivity index (χ0) is 28.2. The van der Waals surface area contributed by atoms with Crippen LogP contribution in [0.1, 0.15) is 38.2 Å². The molecular weight excluding hydrogens is 578 g/mol. The average Bonchev–Trinajstić information content (AvgIpc) is 3.51. The fourth-order valence-corrected chi connectivity index (χ4v) is 10.2. The maximum absolute atomic E-state index is 14.2. The lowest BCUT2D eigenvalue weighted by atomic mass is 9.70. The Hall–Kier alpha value is -2.10. The van der Waals surface area contributed by atoms with E-state index in [-0.39, 0.29) is 41.0 Å². The fourth-order valence-electron chi connectivity index (χ4n) is 6.62. The number of unbranched alkanes of at least 4 members (excludes halogenated alkanes) is 2. The van der Waals surface area contributed by atoms with Crippen LogP contribution < -0.4 is 0 Å². The molecule has 2 bridgehead atoms. The third-order valence-corrected chi connectivity index (χ3v) is 11.4. The first-order chi connectivity index (χ1) is 18.8. The van der Waals surface area contributed by atoms with Gasteiger partial charge in [-0.1, -0.05) is 78.2 Å². The summed E-state index contributed by atoms with van der Waals surface area (Å²) in [7, 11) is 0. The Morgan fingerprint density at radius 1 is 1.15 bits per heavy atom. The molecule has 4 rings (SSSR count). The Morgan fingerprint density at radius 3 is 2.49 bits per heavy atom. The van der Waals surface area contributed by atoms with Gasteiger partial charge in [0.05, 0.1) is 23.2 Å². The molecule has 0 aromatic heterocycles. The molecule has 39 heavy (non-hydrogen) atoms. The Bertz CT molecular complexity index is 1070. The van der Waals surface area contributed by atoms with Crippen molar-refractivity contribution in [2.45, 2.75) is 60.0 Å². The molecule has 1 aromatic carbocycles. The average molecular weight is 619 g/mol. The summed E-state index contributed by atoms with van der Waals surface area (Å²) < 4.78 is -0.723. The SMILES string of the molecule is C=CCN(CCCCC)C(=O)C1N(CCO)C(=O)[C@@H]2[C@H](C(=O)N(CC=C)Cc3ccccc3)[C@H]3SC12CC3Br. The number of hydrogen-bond donors (Lipinski definition) is 1. The molecule has 0 aliphatic carbocycles. The number of hydrogen-bond acceptors (Lipinski definition) is 5. The van der Waals surface area contributed by atoms with Gasteiger partial charge in [-0.3, -0.25) is 14.4 Å². The van der Waals surface area contributed by atoms with Crippen LogP contribution in [-0.2, 0) is 20.9 Å². The lowest BCUT2D eigenvalue weighted by Crippen LogP contribution is -2.56. The smallest absolute Gasteiger partial charge is 0.247 e. The molecule has 7 nitrogen and oxygen atoms in total. The van der Waals surface area contributed by atoms with Crippen molar-refractivity contribution >= 4 is 45.4 Å². The lowest BCUT2D eigenvalue weighted by molar-refractivity contribution is -0.145. The number of benzene rings is 1. The second kappa shape index (κ2) is 13.0. The fraction of sp³-hybridized carbons (Fsp3) is 0.567. The topological polar surface area (TPSA) is 81.2 Å². The van der Waals surface area contributed by atoms with E-state index in [0.29, 0.717) is 32.6 Å². The van der Waals surface area contributed by atoms with Crippen LogP contribution in [-0.4, -0.2) is 91.2 Å². The zero-order valence-electron chi connectivity index (χ0n) is 22.7. The van der Waals surface area contributed by atoms with Gasteiger partial charge in [-0.15, -0.1) is 24.9 Å². The molecule has 3 aliphatic heterocycles.